The van der Waals surface area contributed by atoms with E-state index in [1.165, 1.54) is 0 Å². The van der Waals surface area contributed by atoms with Crippen LogP contribution in [0.2, 0.25) is 0 Å². The van der Waals surface area contributed by atoms with Crippen LogP contribution in [0.4, 0.5) is 0 Å². The first kappa shape index (κ1) is 9.72. The van der Waals surface area contributed by atoms with E-state index >= 15 is 0 Å². The third-order valence-corrected chi connectivity index (χ3v) is 0.354. The monoisotopic (exact) mass is 120 g/mol. The van der Waals surface area contributed by atoms with Gasteiger partial charge in [0.1, 0.15) is 0 Å². The number of hydrogen-bond donors (Lipinski definition) is 0. The molecule has 1 aliphatic rings. The Bertz CT molecular complexity index is 9.61. The SMILES string of the molecule is [AlH3].[AlH3].[O]1[O][AlH]1. The van der Waals surface area contributed by atoms with Crippen LogP contribution in [-0.4, -0.2) is 50.6 Å². The van der Waals surface area contributed by atoms with Crippen LogP contribution in [0.25, 0.3) is 0 Å². The van der Waals surface area contributed by atoms with Gasteiger partial charge in [-0.2, -0.15) is 0 Å². The fourth-order valence-corrected chi connectivity index (χ4v) is 0. The Morgan fingerprint density at radius 3 is 1.20 bits per heavy atom. The lowest BCUT2D eigenvalue weighted by atomic mass is 15.0. The van der Waals surface area contributed by atoms with Gasteiger partial charge >= 0.3 is 15.9 Å². The van der Waals surface area contributed by atoms with Gasteiger partial charge in [-0.25, -0.2) is 0 Å². The van der Waals surface area contributed by atoms with Crippen LogP contribution in [0, 0.1) is 0 Å². The zero-order valence-electron chi connectivity index (χ0n) is 1.52. The maximum atomic E-state index is 4.14. The first-order valence-electron chi connectivity index (χ1n) is 0.744. The Morgan fingerprint density at radius 1 is 1.00 bits per heavy atom. The first-order valence-corrected chi connectivity index (χ1v) is 1.90. The van der Waals surface area contributed by atoms with Crippen molar-refractivity contribution in [1.82, 2.24) is 0 Å². The maximum Gasteiger partial charge on any atom is 0.702 e. The molecule has 0 aromatic carbocycles. The molecule has 1 heterocycles. The molecule has 5 heteroatoms. The van der Waals surface area contributed by atoms with Gasteiger partial charge in [-0.3, -0.25) is 0 Å². The maximum absolute atomic E-state index is 4.14. The van der Waals surface area contributed by atoms with Crippen LogP contribution in [0.15, 0.2) is 0 Å². The summed E-state index contributed by atoms with van der Waals surface area (Å²) < 4.78 is 8.28. The van der Waals surface area contributed by atoms with Crippen molar-refractivity contribution >= 4 is 50.6 Å². The van der Waals surface area contributed by atoms with E-state index in [0.29, 0.717) is 0 Å². The van der Waals surface area contributed by atoms with Crippen molar-refractivity contribution in [3.63, 3.8) is 0 Å². The van der Waals surface area contributed by atoms with Gasteiger partial charge in [0.25, 0.3) is 0 Å². The highest BCUT2D eigenvalue weighted by Crippen LogP contribution is 1.83. The molecular weight excluding hydrogens is 113 g/mol. The number of hydrogen-bond acceptors (Lipinski definition) is 2. The zero-order valence-corrected chi connectivity index (χ0v) is 2.94. The highest BCUT2D eigenvalue weighted by Gasteiger charge is 2.09. The molecule has 0 unspecified atom stereocenters. The van der Waals surface area contributed by atoms with Crippen LogP contribution in [0.3, 0.4) is 0 Å². The van der Waals surface area contributed by atoms with E-state index < -0.39 is 0 Å². The van der Waals surface area contributed by atoms with E-state index in [-0.39, 0.29) is 50.6 Å². The van der Waals surface area contributed by atoms with Crippen LogP contribution in [0.5, 0.6) is 0 Å². The molecule has 0 spiro atoms. The Kier molecular flexibility index (Phi) is 10.7. The summed E-state index contributed by atoms with van der Waals surface area (Å²) in [4.78, 5) is 0. The third kappa shape index (κ3) is 10.8. The summed E-state index contributed by atoms with van der Waals surface area (Å²) in [5.41, 5.74) is 0. The molecule has 0 saturated carbocycles. The lowest BCUT2D eigenvalue weighted by Gasteiger charge is -1.36. The summed E-state index contributed by atoms with van der Waals surface area (Å²) in [5.74, 6) is 0. The molecule has 28 valence electrons. The normalized spacial score (nSPS) is 12.8. The van der Waals surface area contributed by atoms with Crippen molar-refractivity contribution in [3.8, 4) is 0 Å². The minimum Gasteiger partial charge on any atom is -0.359 e. The van der Waals surface area contributed by atoms with Crippen molar-refractivity contribution in [2.75, 3.05) is 0 Å². The van der Waals surface area contributed by atoms with Crippen LogP contribution < -0.4 is 0 Å². The molecule has 0 radical (unpaired) electrons. The Hall–Kier alpha value is 1.52. The van der Waals surface area contributed by atoms with Crippen LogP contribution in [-0.2, 0) is 7.88 Å². The molecule has 0 amide bonds. The van der Waals surface area contributed by atoms with Crippen molar-refractivity contribution in [1.29, 1.82) is 0 Å². The van der Waals surface area contributed by atoms with E-state index in [4.69, 9.17) is 0 Å². The summed E-state index contributed by atoms with van der Waals surface area (Å²) in [6.45, 7) is 0. The highest BCUT2D eigenvalue weighted by molar-refractivity contribution is 6.24. The molecule has 2 nitrogen and oxygen atoms in total. The summed E-state index contributed by atoms with van der Waals surface area (Å²) in [6, 6.07) is 0. The van der Waals surface area contributed by atoms with Crippen molar-refractivity contribution in [3.05, 3.63) is 0 Å². The third-order valence-electron chi connectivity index (χ3n) is 0.118. The van der Waals surface area contributed by atoms with Crippen molar-refractivity contribution in [2.24, 2.45) is 0 Å². The predicted octanol–water partition coefficient (Wildman–Crippen LogP) is -3.15. The summed E-state index contributed by atoms with van der Waals surface area (Å²) in [6.07, 6.45) is 0. The molecule has 0 aliphatic carbocycles. The Balaban J connectivity index is 0. The molecule has 1 fully saturated rings. The Labute approximate surface area is 58.4 Å². The van der Waals surface area contributed by atoms with Crippen molar-refractivity contribution < 1.29 is 7.88 Å². The minimum atomic E-state index is -0.333. The topological polar surface area (TPSA) is 25.1 Å². The molecule has 1 aliphatic heterocycles. The summed E-state index contributed by atoms with van der Waals surface area (Å²) in [7, 11) is 0. The second-order valence-corrected chi connectivity index (χ2v) is 1.06. The summed E-state index contributed by atoms with van der Waals surface area (Å²) >= 11 is -0.333. The lowest BCUT2D eigenvalue weighted by Crippen LogP contribution is -1.28. The molecule has 0 atom stereocenters. The van der Waals surface area contributed by atoms with Gasteiger partial charge in [0.15, 0.2) is 34.7 Å². The quantitative estimate of drug-likeness (QED) is 0.191. The fraction of sp³-hybridized carbons (Fsp3) is 0. The Morgan fingerprint density at radius 2 is 1.20 bits per heavy atom. The molecular formula is H7Al3O2. The summed E-state index contributed by atoms with van der Waals surface area (Å²) in [5, 5.41) is 0. The van der Waals surface area contributed by atoms with Gasteiger partial charge in [0.2, 0.25) is 0 Å². The van der Waals surface area contributed by atoms with E-state index in [1.807, 2.05) is 0 Å². The lowest BCUT2D eigenvalue weighted by molar-refractivity contribution is 0.0850. The van der Waals surface area contributed by atoms with Crippen LogP contribution in [0.1, 0.15) is 0 Å². The van der Waals surface area contributed by atoms with E-state index in [0.717, 1.165) is 0 Å². The molecule has 0 bridgehead atoms. The smallest absolute Gasteiger partial charge is 0.359 e. The second kappa shape index (κ2) is 5.52. The van der Waals surface area contributed by atoms with Gasteiger partial charge in [-0.15, -0.1) is 0 Å². The van der Waals surface area contributed by atoms with Gasteiger partial charge < -0.3 is 7.88 Å². The zero-order chi connectivity index (χ0) is 2.12. The predicted molar refractivity (Wildman–Crippen MR) is 29.2 cm³/mol. The van der Waals surface area contributed by atoms with E-state index in [9.17, 15) is 0 Å². The standard InChI is InChI=1S/3Al.O2.7H/c;;;1-2;;;;;;;/q;;+2;-2;;;;;;;. The molecule has 0 N–H and O–H groups in total. The molecule has 1 rings (SSSR count). The van der Waals surface area contributed by atoms with Gasteiger partial charge in [0.05, 0.1) is 0 Å². The molecule has 0 aromatic heterocycles. The molecule has 5 heavy (non-hydrogen) atoms. The van der Waals surface area contributed by atoms with Gasteiger partial charge in [-0.1, -0.05) is 0 Å². The minimum absolute atomic E-state index is 0. The average Bonchev–Trinajstić information content (AvgIpc) is 1.46. The van der Waals surface area contributed by atoms with Crippen LogP contribution >= 0.6 is 0 Å². The van der Waals surface area contributed by atoms with Gasteiger partial charge in [-0.05, 0) is 0 Å². The first-order chi connectivity index (χ1) is 1.50. The molecule has 0 aromatic rings. The second-order valence-electron chi connectivity index (χ2n) is 0.354. The largest absolute Gasteiger partial charge is 0.702 e. The van der Waals surface area contributed by atoms with Crippen molar-refractivity contribution in [2.45, 2.75) is 0 Å². The number of rotatable bonds is 0. The molecule has 1 saturated heterocycles. The average molecular weight is 120 g/mol. The van der Waals surface area contributed by atoms with Gasteiger partial charge in [0, 0.05) is 0 Å². The highest BCUT2D eigenvalue weighted by atomic mass is 27.2. The fourth-order valence-electron chi connectivity index (χ4n) is 0. The van der Waals surface area contributed by atoms with E-state index in [2.05, 4.69) is 7.88 Å². The van der Waals surface area contributed by atoms with E-state index in [1.54, 1.807) is 0 Å².